The predicted molar refractivity (Wildman–Crippen MR) is 142 cm³/mol. The minimum Gasteiger partial charge on any atom is -0.358 e. The Morgan fingerprint density at radius 2 is 1.75 bits per heavy atom. The molecule has 0 aliphatic carbocycles. The molecule has 1 saturated heterocycles. The number of alkyl halides is 3. The maximum absolute atomic E-state index is 13.9. The zero-order chi connectivity index (χ0) is 26.7. The molecule has 4 atom stereocenters. The van der Waals surface area contributed by atoms with Crippen LogP contribution in [-0.4, -0.2) is 39.6 Å². The van der Waals surface area contributed by atoms with Gasteiger partial charge in [0.05, 0.1) is 18.5 Å². The van der Waals surface area contributed by atoms with Crippen LogP contribution in [0.3, 0.4) is 0 Å². The molecule has 3 rings (SSSR count). The van der Waals surface area contributed by atoms with Crippen molar-refractivity contribution in [3.05, 3.63) is 82.4 Å². The molecular formula is C27H30Cl2F3NO2S. The summed E-state index contributed by atoms with van der Waals surface area (Å²) < 4.78 is 47.6. The van der Waals surface area contributed by atoms with Crippen LogP contribution < -0.4 is 0 Å². The van der Waals surface area contributed by atoms with Crippen LogP contribution in [0, 0.1) is 0 Å². The summed E-state index contributed by atoms with van der Waals surface area (Å²) >= 11 is 13.8. The van der Waals surface area contributed by atoms with Crippen molar-refractivity contribution < 1.29 is 22.7 Å². The van der Waals surface area contributed by atoms with Gasteiger partial charge in [-0.05, 0) is 35.4 Å². The highest BCUT2D eigenvalue weighted by Gasteiger charge is 2.48. The number of carbonyl (C=O) groups is 1. The number of nitrogens with zero attached hydrogens (tertiary/aromatic N) is 1. The largest absolute Gasteiger partial charge is 0.391 e. The number of hydrogen-bond donors (Lipinski definition) is 0. The van der Waals surface area contributed by atoms with Crippen LogP contribution in [0.4, 0.5) is 13.2 Å². The van der Waals surface area contributed by atoms with E-state index in [0.717, 1.165) is 0 Å². The summed E-state index contributed by atoms with van der Waals surface area (Å²) in [5.41, 5.74) is 1.30. The van der Waals surface area contributed by atoms with Gasteiger partial charge >= 0.3 is 6.18 Å². The van der Waals surface area contributed by atoms with E-state index >= 15 is 0 Å². The molecule has 3 nitrogen and oxygen atoms in total. The van der Waals surface area contributed by atoms with Crippen molar-refractivity contribution in [2.45, 2.75) is 68.8 Å². The summed E-state index contributed by atoms with van der Waals surface area (Å²) in [4.78, 5) is 15.2. The first-order chi connectivity index (χ1) is 16.8. The third-order valence-electron chi connectivity index (χ3n) is 5.77. The van der Waals surface area contributed by atoms with Crippen molar-refractivity contribution in [2.75, 3.05) is 5.75 Å². The molecule has 1 fully saturated rings. The Hall–Kier alpha value is -1.67. The second kappa shape index (κ2) is 11.8. The van der Waals surface area contributed by atoms with Crippen LogP contribution in [0.2, 0.25) is 10.0 Å². The topological polar surface area (TPSA) is 29.5 Å². The summed E-state index contributed by atoms with van der Waals surface area (Å²) in [7, 11) is 0. The van der Waals surface area contributed by atoms with Gasteiger partial charge in [-0.15, -0.1) is 6.58 Å². The number of hydrogen-bond acceptors (Lipinski definition) is 3. The maximum atomic E-state index is 13.9. The fourth-order valence-electron chi connectivity index (χ4n) is 4.26. The first-order valence-electron chi connectivity index (χ1n) is 11.6. The number of benzene rings is 2. The predicted octanol–water partition coefficient (Wildman–Crippen LogP) is 8.43. The van der Waals surface area contributed by atoms with Crippen LogP contribution in [0.1, 0.15) is 56.9 Å². The summed E-state index contributed by atoms with van der Waals surface area (Å²) in [6.07, 6.45) is -5.60. The first-order valence-corrected chi connectivity index (χ1v) is 13.3. The Morgan fingerprint density at radius 1 is 1.08 bits per heavy atom. The fourth-order valence-corrected chi connectivity index (χ4v) is 5.56. The SMILES string of the molecule is C=CC[C@H]1O[C@H](c2cccc(Cl)c2)[C@@H](c2ccc(Cl)cc2)N(C(CSC(C)(C)C)CC(F)(F)F)C1=O. The summed E-state index contributed by atoms with van der Waals surface area (Å²) in [6.45, 7) is 9.54. The number of morpholine rings is 1. The van der Waals surface area contributed by atoms with Gasteiger partial charge in [0.25, 0.3) is 5.91 Å². The minimum atomic E-state index is -4.47. The molecule has 0 saturated carbocycles. The maximum Gasteiger partial charge on any atom is 0.391 e. The van der Waals surface area contributed by atoms with Crippen LogP contribution in [-0.2, 0) is 9.53 Å². The number of amides is 1. The van der Waals surface area contributed by atoms with E-state index in [2.05, 4.69) is 6.58 Å². The zero-order valence-corrected chi connectivity index (χ0v) is 22.7. The number of halogens is 5. The van der Waals surface area contributed by atoms with Crippen molar-refractivity contribution in [1.82, 2.24) is 4.90 Å². The van der Waals surface area contributed by atoms with Gasteiger partial charge in [0.15, 0.2) is 0 Å². The van der Waals surface area contributed by atoms with Gasteiger partial charge in [0.2, 0.25) is 0 Å². The molecule has 2 aromatic carbocycles. The third-order valence-corrected chi connectivity index (χ3v) is 7.67. The van der Waals surface area contributed by atoms with Crippen LogP contribution in [0.15, 0.2) is 61.2 Å². The summed E-state index contributed by atoms with van der Waals surface area (Å²) in [5.74, 6) is -0.376. The first kappa shape index (κ1) is 28.9. The fraction of sp³-hybridized carbons (Fsp3) is 0.444. The molecule has 0 radical (unpaired) electrons. The van der Waals surface area contributed by atoms with Gasteiger partial charge in [-0.3, -0.25) is 4.79 Å². The lowest BCUT2D eigenvalue weighted by Gasteiger charge is -2.48. The normalized spacial score (nSPS) is 21.9. The average molecular weight is 561 g/mol. The van der Waals surface area contributed by atoms with Gasteiger partial charge in [-0.1, -0.05) is 74.3 Å². The molecule has 36 heavy (non-hydrogen) atoms. The Bertz CT molecular complexity index is 1060. The highest BCUT2D eigenvalue weighted by atomic mass is 35.5. The average Bonchev–Trinajstić information content (AvgIpc) is 2.77. The molecule has 1 heterocycles. The van der Waals surface area contributed by atoms with Gasteiger partial charge in [-0.25, -0.2) is 0 Å². The molecule has 0 bridgehead atoms. The molecular weight excluding hydrogens is 530 g/mol. The smallest absolute Gasteiger partial charge is 0.358 e. The quantitative estimate of drug-likeness (QED) is 0.304. The summed E-state index contributed by atoms with van der Waals surface area (Å²) in [6, 6.07) is 11.8. The molecule has 2 aromatic rings. The molecule has 1 amide bonds. The van der Waals surface area contributed by atoms with E-state index in [9.17, 15) is 18.0 Å². The van der Waals surface area contributed by atoms with Crippen LogP contribution >= 0.6 is 35.0 Å². The highest BCUT2D eigenvalue weighted by molar-refractivity contribution is 8.00. The van der Waals surface area contributed by atoms with E-state index in [1.165, 1.54) is 16.7 Å². The van der Waals surface area contributed by atoms with Gasteiger partial charge in [-0.2, -0.15) is 24.9 Å². The van der Waals surface area contributed by atoms with Crippen molar-refractivity contribution in [1.29, 1.82) is 0 Å². The van der Waals surface area contributed by atoms with E-state index in [4.69, 9.17) is 27.9 Å². The lowest BCUT2D eigenvalue weighted by atomic mass is 9.89. The summed E-state index contributed by atoms with van der Waals surface area (Å²) in [5, 5.41) is 0.942. The molecule has 196 valence electrons. The van der Waals surface area contributed by atoms with Crippen molar-refractivity contribution in [3.63, 3.8) is 0 Å². The second-order valence-corrected chi connectivity index (χ2v) is 12.5. The van der Waals surface area contributed by atoms with Gasteiger partial charge in [0.1, 0.15) is 12.2 Å². The lowest BCUT2D eigenvalue weighted by Crippen LogP contribution is -2.56. The Morgan fingerprint density at radius 3 is 2.31 bits per heavy atom. The van der Waals surface area contributed by atoms with Crippen LogP contribution in [0.25, 0.3) is 0 Å². The van der Waals surface area contributed by atoms with Gasteiger partial charge < -0.3 is 9.64 Å². The van der Waals surface area contributed by atoms with E-state index < -0.39 is 42.8 Å². The minimum absolute atomic E-state index is 0.113. The molecule has 0 spiro atoms. The van der Waals surface area contributed by atoms with Crippen molar-refractivity contribution in [2.24, 2.45) is 0 Å². The molecule has 1 aliphatic rings. The third kappa shape index (κ3) is 7.67. The molecule has 1 aliphatic heterocycles. The lowest BCUT2D eigenvalue weighted by molar-refractivity contribution is -0.188. The highest BCUT2D eigenvalue weighted by Crippen LogP contribution is 2.46. The molecule has 1 unspecified atom stereocenters. The number of carbonyl (C=O) groups excluding carboxylic acids is 1. The van der Waals surface area contributed by atoms with E-state index in [1.807, 2.05) is 20.8 Å². The molecule has 0 N–H and O–H groups in total. The van der Waals surface area contributed by atoms with E-state index in [0.29, 0.717) is 21.2 Å². The molecule has 0 aromatic heterocycles. The number of rotatable bonds is 8. The van der Waals surface area contributed by atoms with Gasteiger partial charge in [0, 0.05) is 27.0 Å². The Kier molecular flexibility index (Phi) is 9.47. The van der Waals surface area contributed by atoms with Crippen molar-refractivity contribution >= 4 is 40.9 Å². The number of thioether (sulfide) groups is 1. The van der Waals surface area contributed by atoms with Crippen LogP contribution in [0.5, 0.6) is 0 Å². The van der Waals surface area contributed by atoms with Crippen molar-refractivity contribution in [3.8, 4) is 0 Å². The molecule has 9 heteroatoms. The van der Waals surface area contributed by atoms with E-state index in [1.54, 1.807) is 54.6 Å². The standard InChI is InChI=1S/C27H30Cl2F3NO2S/c1-5-7-22-25(34)33(21(15-27(30,31)32)16-36-26(2,3)4)23(17-10-12-19(28)13-11-17)24(35-22)18-8-6-9-20(29)14-18/h5-6,8-14,21-24H,1,7,15-16H2,2-4H3/t21?,22-,23-,24-/m1/s1. The Labute approximate surface area is 225 Å². The monoisotopic (exact) mass is 559 g/mol. The Balaban J connectivity index is 2.19. The van der Waals surface area contributed by atoms with E-state index in [-0.39, 0.29) is 16.9 Å². The second-order valence-electron chi connectivity index (χ2n) is 9.76. The zero-order valence-electron chi connectivity index (χ0n) is 20.4. The number of ether oxygens (including phenoxy) is 1.